The maximum absolute atomic E-state index is 12.5. The van der Waals surface area contributed by atoms with Gasteiger partial charge in [0.1, 0.15) is 5.75 Å². The van der Waals surface area contributed by atoms with Gasteiger partial charge in [-0.1, -0.05) is 82.5 Å². The fourth-order valence-corrected chi connectivity index (χ4v) is 3.74. The fourth-order valence-electron chi connectivity index (χ4n) is 3.74. The zero-order valence-corrected chi connectivity index (χ0v) is 19.6. The van der Waals surface area contributed by atoms with Gasteiger partial charge in [-0.2, -0.15) is 0 Å². The topological polar surface area (TPSA) is 71.1 Å². The molecule has 0 unspecified atom stereocenters. The van der Waals surface area contributed by atoms with Crippen molar-refractivity contribution in [2.45, 2.75) is 59.3 Å². The highest BCUT2D eigenvalue weighted by atomic mass is 16.7. The monoisotopic (exact) mass is 452 g/mol. The summed E-state index contributed by atoms with van der Waals surface area (Å²) in [4.78, 5) is 24.9. The number of fused-ring (bicyclic) bond motifs is 2. The molecule has 0 spiro atoms. The Kier molecular flexibility index (Phi) is 8.93. The lowest BCUT2D eigenvalue weighted by Gasteiger charge is -2.18. The van der Waals surface area contributed by atoms with Gasteiger partial charge in [-0.05, 0) is 24.8 Å². The molecule has 6 heteroatoms. The smallest absolute Gasteiger partial charge is 0.434 e. The zero-order chi connectivity index (χ0) is 23.6. The van der Waals surface area contributed by atoms with Gasteiger partial charge in [0.2, 0.25) is 0 Å². The number of hydrogen-bond acceptors (Lipinski definition) is 6. The van der Waals surface area contributed by atoms with E-state index in [1.165, 1.54) is 0 Å². The van der Waals surface area contributed by atoms with Crippen molar-refractivity contribution in [1.82, 2.24) is 0 Å². The molecule has 3 aromatic carbocycles. The van der Waals surface area contributed by atoms with Crippen molar-refractivity contribution < 1.29 is 28.5 Å². The molecule has 3 rings (SSSR count). The summed E-state index contributed by atoms with van der Waals surface area (Å²) >= 11 is 0. The summed E-state index contributed by atoms with van der Waals surface area (Å²) in [5, 5.41) is 2.74. The van der Waals surface area contributed by atoms with Crippen LogP contribution in [-0.4, -0.2) is 25.5 Å². The summed E-state index contributed by atoms with van der Waals surface area (Å²) in [6.07, 6.45) is 3.56. The highest BCUT2D eigenvalue weighted by Gasteiger charge is 2.22. The average molecular weight is 453 g/mol. The number of ether oxygens (including phenoxy) is 4. The molecule has 6 nitrogen and oxygen atoms in total. The van der Waals surface area contributed by atoms with E-state index < -0.39 is 12.3 Å². The third kappa shape index (κ3) is 5.95. The van der Waals surface area contributed by atoms with Crippen LogP contribution in [0.5, 0.6) is 11.5 Å². The SMILES string of the molecule is CCCCOC(=O)Oc1c2ccccc2c(OC(=O)OCCCC)c2c(CCC)cccc12. The molecule has 176 valence electrons. The van der Waals surface area contributed by atoms with Crippen LogP contribution in [0.25, 0.3) is 21.5 Å². The molecule has 0 saturated carbocycles. The van der Waals surface area contributed by atoms with E-state index in [0.29, 0.717) is 40.9 Å². The molecule has 33 heavy (non-hydrogen) atoms. The predicted molar refractivity (Wildman–Crippen MR) is 129 cm³/mol. The molecule has 0 bridgehead atoms. The molecule has 0 aliphatic rings. The van der Waals surface area contributed by atoms with E-state index >= 15 is 0 Å². The Morgan fingerprint density at radius 2 is 1.21 bits per heavy atom. The Morgan fingerprint density at radius 3 is 1.79 bits per heavy atom. The molecule has 0 saturated heterocycles. The lowest BCUT2D eigenvalue weighted by molar-refractivity contribution is 0.0970. The van der Waals surface area contributed by atoms with E-state index in [1.807, 2.05) is 56.3 Å². The lowest BCUT2D eigenvalue weighted by atomic mass is 9.95. The second kappa shape index (κ2) is 12.1. The summed E-state index contributed by atoms with van der Waals surface area (Å²) < 4.78 is 22.0. The van der Waals surface area contributed by atoms with Crippen molar-refractivity contribution in [2.75, 3.05) is 13.2 Å². The third-order valence-electron chi connectivity index (χ3n) is 5.36. The Labute approximate surface area is 194 Å². The summed E-state index contributed by atoms with van der Waals surface area (Å²) in [7, 11) is 0. The number of unbranched alkanes of at least 4 members (excludes halogenated alkanes) is 2. The van der Waals surface area contributed by atoms with Crippen LogP contribution in [0.15, 0.2) is 42.5 Å². The molecule has 0 N–H and O–H groups in total. The minimum absolute atomic E-state index is 0.303. The number of benzene rings is 3. The first-order valence-electron chi connectivity index (χ1n) is 11.8. The van der Waals surface area contributed by atoms with Gasteiger partial charge >= 0.3 is 12.3 Å². The van der Waals surface area contributed by atoms with Crippen LogP contribution < -0.4 is 9.47 Å². The highest BCUT2D eigenvalue weighted by Crippen LogP contribution is 2.44. The molecule has 0 radical (unpaired) electrons. The van der Waals surface area contributed by atoms with Gasteiger partial charge in [0.15, 0.2) is 5.75 Å². The zero-order valence-electron chi connectivity index (χ0n) is 19.6. The Hall–Kier alpha value is -3.28. The standard InChI is InChI=1S/C27H32O6/c1-4-7-17-30-26(28)32-24-20-14-9-10-15-21(20)25(33-27(29)31-18-8-5-2)23-19(12-6-3)13-11-16-22(23)24/h9-11,13-16H,4-8,12,17-18H2,1-3H3. The molecule has 3 aromatic rings. The van der Waals surface area contributed by atoms with Crippen molar-refractivity contribution in [3.8, 4) is 11.5 Å². The Bertz CT molecular complexity index is 1100. The van der Waals surface area contributed by atoms with Gasteiger partial charge in [0.25, 0.3) is 0 Å². The van der Waals surface area contributed by atoms with Crippen LogP contribution in [-0.2, 0) is 15.9 Å². The van der Waals surface area contributed by atoms with E-state index in [-0.39, 0.29) is 0 Å². The van der Waals surface area contributed by atoms with E-state index in [9.17, 15) is 9.59 Å². The van der Waals surface area contributed by atoms with Crippen LogP contribution in [0.3, 0.4) is 0 Å². The summed E-state index contributed by atoms with van der Waals surface area (Å²) in [6.45, 7) is 6.74. The van der Waals surface area contributed by atoms with E-state index in [4.69, 9.17) is 18.9 Å². The molecule has 0 atom stereocenters. The molecular formula is C27H32O6. The quantitative estimate of drug-likeness (QED) is 0.137. The third-order valence-corrected chi connectivity index (χ3v) is 5.36. The Morgan fingerprint density at radius 1 is 0.667 bits per heavy atom. The van der Waals surface area contributed by atoms with Crippen molar-refractivity contribution >= 4 is 33.9 Å². The molecule has 0 aromatic heterocycles. The molecule has 0 aliphatic carbocycles. The highest BCUT2D eigenvalue weighted by molar-refractivity contribution is 6.13. The van der Waals surface area contributed by atoms with Crippen LogP contribution >= 0.6 is 0 Å². The van der Waals surface area contributed by atoms with Crippen molar-refractivity contribution in [2.24, 2.45) is 0 Å². The van der Waals surface area contributed by atoms with Gasteiger partial charge in [-0.25, -0.2) is 9.59 Å². The first kappa shape index (κ1) is 24.4. The molecule has 0 heterocycles. The normalized spacial score (nSPS) is 10.9. The first-order valence-corrected chi connectivity index (χ1v) is 11.8. The van der Waals surface area contributed by atoms with Gasteiger partial charge in [0.05, 0.1) is 13.2 Å². The van der Waals surface area contributed by atoms with Gasteiger partial charge < -0.3 is 18.9 Å². The van der Waals surface area contributed by atoms with Gasteiger partial charge in [-0.15, -0.1) is 0 Å². The van der Waals surface area contributed by atoms with Crippen LogP contribution in [0.4, 0.5) is 9.59 Å². The minimum atomic E-state index is -0.747. The number of aryl methyl sites for hydroxylation is 1. The molecule has 0 amide bonds. The fraction of sp³-hybridized carbons (Fsp3) is 0.407. The summed E-state index contributed by atoms with van der Waals surface area (Å²) in [6, 6.07) is 13.2. The number of hydrogen-bond donors (Lipinski definition) is 0. The maximum atomic E-state index is 12.5. The first-order chi connectivity index (χ1) is 16.1. The van der Waals surface area contributed by atoms with Crippen molar-refractivity contribution in [3.05, 3.63) is 48.0 Å². The van der Waals surface area contributed by atoms with Gasteiger partial charge in [0, 0.05) is 21.5 Å². The largest absolute Gasteiger partial charge is 0.513 e. The average Bonchev–Trinajstić information content (AvgIpc) is 2.81. The van der Waals surface area contributed by atoms with E-state index in [2.05, 4.69) is 6.92 Å². The number of carbonyl (C=O) groups excluding carboxylic acids is 2. The van der Waals surface area contributed by atoms with Crippen molar-refractivity contribution in [3.63, 3.8) is 0 Å². The second-order valence-electron chi connectivity index (χ2n) is 7.90. The number of rotatable bonds is 10. The maximum Gasteiger partial charge on any atom is 0.513 e. The van der Waals surface area contributed by atoms with Crippen LogP contribution in [0, 0.1) is 0 Å². The Balaban J connectivity index is 2.14. The van der Waals surface area contributed by atoms with Crippen LogP contribution in [0.2, 0.25) is 0 Å². The molecular weight excluding hydrogens is 420 g/mol. The number of carbonyl (C=O) groups is 2. The van der Waals surface area contributed by atoms with Crippen LogP contribution in [0.1, 0.15) is 58.4 Å². The van der Waals surface area contributed by atoms with E-state index in [1.54, 1.807) is 0 Å². The summed E-state index contributed by atoms with van der Waals surface area (Å²) in [5.41, 5.74) is 1.00. The molecule has 0 aliphatic heterocycles. The van der Waals surface area contributed by atoms with Gasteiger partial charge in [-0.3, -0.25) is 0 Å². The second-order valence-corrected chi connectivity index (χ2v) is 7.90. The minimum Gasteiger partial charge on any atom is -0.434 e. The molecule has 0 fully saturated rings. The summed E-state index contributed by atoms with van der Waals surface area (Å²) in [5.74, 6) is 0.810. The van der Waals surface area contributed by atoms with E-state index in [0.717, 1.165) is 49.5 Å². The predicted octanol–water partition coefficient (Wildman–Crippen LogP) is 7.58. The van der Waals surface area contributed by atoms with Crippen molar-refractivity contribution in [1.29, 1.82) is 0 Å². The lowest BCUT2D eigenvalue weighted by Crippen LogP contribution is -2.14.